The molecule has 0 aliphatic carbocycles. The number of pyridine rings is 4. The van der Waals surface area contributed by atoms with Gasteiger partial charge in [0.05, 0.1) is 33.3 Å². The molecule has 0 bridgehead atoms. The van der Waals surface area contributed by atoms with Gasteiger partial charge in [0.1, 0.15) is 0 Å². The lowest BCUT2D eigenvalue weighted by Crippen LogP contribution is -1.90. The summed E-state index contributed by atoms with van der Waals surface area (Å²) in [5.41, 5.74) is 8.12. The van der Waals surface area contributed by atoms with Gasteiger partial charge in [-0.05, 0) is 48.0 Å². The molecular weight excluding hydrogens is 372 g/mol. The quantitative estimate of drug-likeness (QED) is 0.423. The fourth-order valence-corrected chi connectivity index (χ4v) is 3.57. The number of benzene rings is 1. The van der Waals surface area contributed by atoms with Crippen LogP contribution in [-0.2, 0) is 0 Å². The highest BCUT2D eigenvalue weighted by Crippen LogP contribution is 2.27. The van der Waals surface area contributed by atoms with E-state index in [2.05, 4.69) is 24.9 Å². The summed E-state index contributed by atoms with van der Waals surface area (Å²) < 4.78 is 0. The van der Waals surface area contributed by atoms with Crippen LogP contribution < -0.4 is 0 Å². The average Bonchev–Trinajstić information content (AvgIpc) is 2.83. The van der Waals surface area contributed by atoms with Crippen LogP contribution in [-0.4, -0.2) is 29.9 Å². The Morgan fingerprint density at radius 1 is 0.467 bits per heavy atom. The van der Waals surface area contributed by atoms with Gasteiger partial charge < -0.3 is 0 Å². The van der Waals surface area contributed by atoms with Crippen molar-refractivity contribution in [1.29, 1.82) is 0 Å². The van der Waals surface area contributed by atoms with Crippen molar-refractivity contribution in [3.05, 3.63) is 85.7 Å². The molecular formula is C24H14N6. The molecule has 0 spiro atoms. The van der Waals surface area contributed by atoms with Gasteiger partial charge >= 0.3 is 0 Å². The SMILES string of the molecule is c1cc2nc(-c3cnc4cc(-c5ccc6nccnc6c5)cnc4c3)ccc2cn1. The van der Waals surface area contributed by atoms with Crippen LogP contribution in [0.1, 0.15) is 0 Å². The number of hydrogen-bond acceptors (Lipinski definition) is 6. The van der Waals surface area contributed by atoms with E-state index in [9.17, 15) is 0 Å². The van der Waals surface area contributed by atoms with E-state index in [1.54, 1.807) is 18.6 Å². The lowest BCUT2D eigenvalue weighted by Gasteiger charge is -2.07. The molecule has 0 aliphatic heterocycles. The third-order valence-electron chi connectivity index (χ3n) is 5.12. The summed E-state index contributed by atoms with van der Waals surface area (Å²) in [6, 6.07) is 16.0. The fraction of sp³-hybridized carbons (Fsp3) is 0. The molecule has 0 saturated heterocycles. The molecule has 0 aliphatic rings. The minimum absolute atomic E-state index is 0.827. The normalized spacial score (nSPS) is 11.3. The molecule has 0 unspecified atom stereocenters. The third-order valence-corrected chi connectivity index (χ3v) is 5.12. The molecule has 0 saturated carbocycles. The van der Waals surface area contributed by atoms with Crippen LogP contribution >= 0.6 is 0 Å². The second-order valence-corrected chi connectivity index (χ2v) is 7.01. The van der Waals surface area contributed by atoms with Crippen molar-refractivity contribution in [2.45, 2.75) is 0 Å². The summed E-state index contributed by atoms with van der Waals surface area (Å²) in [5, 5.41) is 1.01. The predicted octanol–water partition coefficient (Wildman–Crippen LogP) is 4.85. The highest BCUT2D eigenvalue weighted by molar-refractivity contribution is 5.87. The number of fused-ring (bicyclic) bond motifs is 3. The molecule has 0 N–H and O–H groups in total. The Bertz CT molecular complexity index is 1440. The Morgan fingerprint density at radius 2 is 1.20 bits per heavy atom. The number of aromatic nitrogens is 6. The molecule has 6 aromatic rings. The first kappa shape index (κ1) is 16.6. The Balaban J connectivity index is 1.41. The standard InChI is InChI=1S/C24H14N6/c1-4-21-22(27-8-7-26-21)9-15(1)17-10-23-24(28-13-17)11-18(14-29-23)19-3-2-16-12-25-6-5-20(16)30-19/h1-14H. The Kier molecular flexibility index (Phi) is 3.67. The van der Waals surface area contributed by atoms with E-state index in [4.69, 9.17) is 4.98 Å². The molecule has 5 aromatic heterocycles. The topological polar surface area (TPSA) is 77.3 Å². The van der Waals surface area contributed by atoms with E-state index in [1.165, 1.54) is 0 Å². The summed E-state index contributed by atoms with van der Waals surface area (Å²) in [4.78, 5) is 26.9. The lowest BCUT2D eigenvalue weighted by atomic mass is 10.1. The van der Waals surface area contributed by atoms with E-state index in [0.717, 1.165) is 55.4 Å². The molecule has 6 nitrogen and oxygen atoms in total. The molecule has 0 radical (unpaired) electrons. The fourth-order valence-electron chi connectivity index (χ4n) is 3.57. The average molecular weight is 386 g/mol. The van der Waals surface area contributed by atoms with Crippen molar-refractivity contribution in [3.63, 3.8) is 0 Å². The smallest absolute Gasteiger partial charge is 0.0893 e. The maximum absolute atomic E-state index is 4.73. The minimum Gasteiger partial charge on any atom is -0.264 e. The van der Waals surface area contributed by atoms with E-state index in [1.807, 2.05) is 67.1 Å². The summed E-state index contributed by atoms with van der Waals surface area (Å²) in [5.74, 6) is 0. The first-order valence-corrected chi connectivity index (χ1v) is 9.52. The number of rotatable bonds is 2. The van der Waals surface area contributed by atoms with Crippen molar-refractivity contribution >= 4 is 33.0 Å². The van der Waals surface area contributed by atoms with Crippen molar-refractivity contribution in [1.82, 2.24) is 29.9 Å². The second-order valence-electron chi connectivity index (χ2n) is 7.01. The van der Waals surface area contributed by atoms with Gasteiger partial charge in [0.25, 0.3) is 0 Å². The summed E-state index contributed by atoms with van der Waals surface area (Å²) >= 11 is 0. The van der Waals surface area contributed by atoms with Crippen LogP contribution in [0.15, 0.2) is 85.7 Å². The first-order valence-electron chi connectivity index (χ1n) is 9.52. The van der Waals surface area contributed by atoms with Gasteiger partial charge in [-0.1, -0.05) is 6.07 Å². The zero-order valence-electron chi connectivity index (χ0n) is 15.8. The summed E-state index contributed by atoms with van der Waals surface area (Å²) in [6.07, 6.45) is 10.7. The Hall–Kier alpha value is -4.32. The Morgan fingerprint density at radius 3 is 2.10 bits per heavy atom. The third kappa shape index (κ3) is 2.82. The monoisotopic (exact) mass is 386 g/mol. The van der Waals surface area contributed by atoms with Crippen LogP contribution in [0.4, 0.5) is 0 Å². The number of hydrogen-bond donors (Lipinski definition) is 0. The van der Waals surface area contributed by atoms with Crippen LogP contribution in [0.3, 0.4) is 0 Å². The Labute approximate surface area is 171 Å². The van der Waals surface area contributed by atoms with Crippen LogP contribution in [0, 0.1) is 0 Å². The lowest BCUT2D eigenvalue weighted by molar-refractivity contribution is 1.29. The molecule has 0 amide bonds. The van der Waals surface area contributed by atoms with E-state index in [-0.39, 0.29) is 0 Å². The molecule has 30 heavy (non-hydrogen) atoms. The second kappa shape index (κ2) is 6.63. The van der Waals surface area contributed by atoms with Crippen molar-refractivity contribution < 1.29 is 0 Å². The molecule has 1 aromatic carbocycles. The zero-order valence-corrected chi connectivity index (χ0v) is 15.8. The first-order chi connectivity index (χ1) is 14.8. The van der Waals surface area contributed by atoms with Crippen LogP contribution in [0.2, 0.25) is 0 Å². The highest BCUT2D eigenvalue weighted by Gasteiger charge is 2.07. The molecule has 5 heterocycles. The van der Waals surface area contributed by atoms with E-state index >= 15 is 0 Å². The maximum Gasteiger partial charge on any atom is 0.0893 e. The van der Waals surface area contributed by atoms with Gasteiger partial charge in [0.15, 0.2) is 0 Å². The van der Waals surface area contributed by atoms with E-state index in [0.29, 0.717) is 0 Å². The zero-order chi connectivity index (χ0) is 19.9. The van der Waals surface area contributed by atoms with Crippen molar-refractivity contribution in [2.24, 2.45) is 0 Å². The van der Waals surface area contributed by atoms with Gasteiger partial charge in [-0.3, -0.25) is 24.9 Å². The van der Waals surface area contributed by atoms with Crippen molar-refractivity contribution in [2.75, 3.05) is 0 Å². The largest absolute Gasteiger partial charge is 0.264 e. The molecule has 0 atom stereocenters. The van der Waals surface area contributed by atoms with Gasteiger partial charge in [-0.25, -0.2) is 4.98 Å². The molecule has 140 valence electrons. The summed E-state index contributed by atoms with van der Waals surface area (Å²) in [7, 11) is 0. The van der Waals surface area contributed by atoms with Crippen LogP contribution in [0.5, 0.6) is 0 Å². The van der Waals surface area contributed by atoms with Gasteiger partial charge in [0, 0.05) is 53.7 Å². The highest BCUT2D eigenvalue weighted by atomic mass is 14.8. The summed E-state index contributed by atoms with van der Waals surface area (Å²) in [6.45, 7) is 0. The van der Waals surface area contributed by atoms with Gasteiger partial charge in [-0.2, -0.15) is 0 Å². The molecule has 6 heteroatoms. The molecule has 6 rings (SSSR count). The van der Waals surface area contributed by atoms with Gasteiger partial charge in [-0.15, -0.1) is 0 Å². The minimum atomic E-state index is 0.827. The predicted molar refractivity (Wildman–Crippen MR) is 117 cm³/mol. The number of nitrogens with zero attached hydrogens (tertiary/aromatic N) is 6. The van der Waals surface area contributed by atoms with E-state index < -0.39 is 0 Å². The van der Waals surface area contributed by atoms with Crippen molar-refractivity contribution in [3.8, 4) is 22.4 Å². The molecule has 0 fully saturated rings. The maximum atomic E-state index is 4.73. The van der Waals surface area contributed by atoms with Crippen LogP contribution in [0.25, 0.3) is 55.4 Å². The van der Waals surface area contributed by atoms with Gasteiger partial charge in [0.2, 0.25) is 0 Å².